The number of benzene rings is 3. The SMILES string of the molecule is Cc1ccc(N=Cc2ccccc2O)c(C2Cc3ccccc3OC2=O)c1. The second-order valence-electron chi connectivity index (χ2n) is 6.66. The first-order chi connectivity index (χ1) is 13.1. The largest absolute Gasteiger partial charge is 0.507 e. The van der Waals surface area contributed by atoms with Gasteiger partial charge in [-0.1, -0.05) is 48.0 Å². The van der Waals surface area contributed by atoms with Crippen LogP contribution in [0.4, 0.5) is 5.69 Å². The third kappa shape index (κ3) is 3.47. The molecule has 27 heavy (non-hydrogen) atoms. The maximum Gasteiger partial charge on any atom is 0.319 e. The first kappa shape index (κ1) is 17.0. The van der Waals surface area contributed by atoms with E-state index >= 15 is 0 Å². The summed E-state index contributed by atoms with van der Waals surface area (Å²) in [5.74, 6) is 0.126. The Balaban J connectivity index is 1.72. The molecule has 0 aromatic heterocycles. The topological polar surface area (TPSA) is 58.9 Å². The zero-order valence-corrected chi connectivity index (χ0v) is 14.9. The molecule has 0 radical (unpaired) electrons. The fourth-order valence-electron chi connectivity index (χ4n) is 3.30. The van der Waals surface area contributed by atoms with Crippen LogP contribution in [0.3, 0.4) is 0 Å². The van der Waals surface area contributed by atoms with E-state index in [0.29, 0.717) is 23.4 Å². The molecular formula is C23H19NO3. The van der Waals surface area contributed by atoms with Crippen molar-refractivity contribution in [3.63, 3.8) is 0 Å². The molecule has 1 unspecified atom stereocenters. The molecule has 1 N–H and O–H groups in total. The lowest BCUT2D eigenvalue weighted by Crippen LogP contribution is -2.26. The fraction of sp³-hybridized carbons (Fsp3) is 0.130. The number of phenols is 1. The molecular weight excluding hydrogens is 338 g/mol. The summed E-state index contributed by atoms with van der Waals surface area (Å²) in [4.78, 5) is 17.2. The molecule has 0 saturated heterocycles. The number of esters is 1. The molecule has 3 aromatic rings. The number of para-hydroxylation sites is 2. The van der Waals surface area contributed by atoms with Gasteiger partial charge in [-0.2, -0.15) is 0 Å². The third-order valence-electron chi connectivity index (χ3n) is 4.73. The van der Waals surface area contributed by atoms with Crippen molar-refractivity contribution in [2.75, 3.05) is 0 Å². The van der Waals surface area contributed by atoms with Crippen molar-refractivity contribution in [1.82, 2.24) is 0 Å². The lowest BCUT2D eigenvalue weighted by Gasteiger charge is -2.24. The van der Waals surface area contributed by atoms with Gasteiger partial charge in [0.15, 0.2) is 0 Å². The molecule has 1 atom stereocenters. The van der Waals surface area contributed by atoms with E-state index in [1.807, 2.05) is 55.5 Å². The number of aromatic hydroxyl groups is 1. The minimum absolute atomic E-state index is 0.168. The lowest BCUT2D eigenvalue weighted by atomic mass is 9.88. The molecule has 0 spiro atoms. The van der Waals surface area contributed by atoms with Gasteiger partial charge in [-0.05, 0) is 48.7 Å². The molecule has 0 aliphatic carbocycles. The quantitative estimate of drug-likeness (QED) is 0.420. The fourth-order valence-corrected chi connectivity index (χ4v) is 3.30. The molecule has 1 heterocycles. The number of aryl methyl sites for hydroxylation is 1. The average Bonchev–Trinajstić information content (AvgIpc) is 2.67. The Morgan fingerprint density at radius 1 is 1.07 bits per heavy atom. The molecule has 0 fully saturated rings. The van der Waals surface area contributed by atoms with E-state index in [2.05, 4.69) is 4.99 Å². The van der Waals surface area contributed by atoms with Crippen LogP contribution in [0, 0.1) is 6.92 Å². The molecule has 134 valence electrons. The lowest BCUT2D eigenvalue weighted by molar-refractivity contribution is -0.137. The molecule has 0 saturated carbocycles. The van der Waals surface area contributed by atoms with Gasteiger partial charge in [0, 0.05) is 11.8 Å². The first-order valence-corrected chi connectivity index (χ1v) is 8.84. The monoisotopic (exact) mass is 357 g/mol. The minimum Gasteiger partial charge on any atom is -0.507 e. The number of aliphatic imine (C=N–C) groups is 1. The molecule has 4 rings (SSSR count). The first-order valence-electron chi connectivity index (χ1n) is 8.84. The number of hydrogen-bond donors (Lipinski definition) is 1. The van der Waals surface area contributed by atoms with E-state index in [1.165, 1.54) is 0 Å². The Morgan fingerprint density at radius 2 is 1.85 bits per heavy atom. The predicted octanol–water partition coefficient (Wildman–Crippen LogP) is 4.70. The summed E-state index contributed by atoms with van der Waals surface area (Å²) in [6, 6.07) is 20.5. The number of ether oxygens (including phenoxy) is 1. The standard InChI is InChI=1S/C23H19NO3/c1-15-10-11-20(24-14-17-7-2-4-8-21(17)25)18(12-15)19-13-16-6-3-5-9-22(16)27-23(19)26/h2-12,14,19,25H,13H2,1H3. The Kier molecular flexibility index (Phi) is 4.47. The third-order valence-corrected chi connectivity index (χ3v) is 4.73. The Hall–Kier alpha value is -3.40. The highest BCUT2D eigenvalue weighted by atomic mass is 16.5. The van der Waals surface area contributed by atoms with Crippen molar-refractivity contribution in [2.24, 2.45) is 4.99 Å². The van der Waals surface area contributed by atoms with Crippen molar-refractivity contribution in [3.8, 4) is 11.5 Å². The van der Waals surface area contributed by atoms with Crippen LogP contribution in [0.1, 0.15) is 28.2 Å². The summed E-state index contributed by atoms with van der Waals surface area (Å²) in [7, 11) is 0. The Bertz CT molecular complexity index is 1040. The van der Waals surface area contributed by atoms with Gasteiger partial charge in [-0.15, -0.1) is 0 Å². The van der Waals surface area contributed by atoms with Gasteiger partial charge in [0.2, 0.25) is 0 Å². The van der Waals surface area contributed by atoms with Crippen LogP contribution in [0.15, 0.2) is 71.7 Å². The number of hydrogen-bond acceptors (Lipinski definition) is 4. The Morgan fingerprint density at radius 3 is 2.70 bits per heavy atom. The van der Waals surface area contributed by atoms with Crippen molar-refractivity contribution < 1.29 is 14.6 Å². The summed E-state index contributed by atoms with van der Waals surface area (Å²) in [5.41, 5.74) is 4.23. The molecule has 3 aromatic carbocycles. The van der Waals surface area contributed by atoms with Crippen molar-refractivity contribution >= 4 is 17.9 Å². The van der Waals surface area contributed by atoms with Crippen LogP contribution in [-0.2, 0) is 11.2 Å². The molecule has 0 bridgehead atoms. The average molecular weight is 357 g/mol. The molecule has 0 amide bonds. The number of rotatable bonds is 3. The summed E-state index contributed by atoms with van der Waals surface area (Å²) in [6.07, 6.45) is 2.20. The van der Waals surface area contributed by atoms with Gasteiger partial charge in [0.25, 0.3) is 0 Å². The highest BCUT2D eigenvalue weighted by Crippen LogP contribution is 2.37. The maximum atomic E-state index is 12.6. The van der Waals surface area contributed by atoms with E-state index in [4.69, 9.17) is 4.74 Å². The number of nitrogens with zero attached hydrogens (tertiary/aromatic N) is 1. The number of fused-ring (bicyclic) bond motifs is 1. The second-order valence-corrected chi connectivity index (χ2v) is 6.66. The number of carbonyl (C=O) groups is 1. The second kappa shape index (κ2) is 7.08. The zero-order valence-electron chi connectivity index (χ0n) is 14.9. The normalized spacial score (nSPS) is 16.2. The van der Waals surface area contributed by atoms with Crippen LogP contribution in [0.5, 0.6) is 11.5 Å². The zero-order chi connectivity index (χ0) is 18.8. The number of phenolic OH excluding ortho intramolecular Hbond substituents is 1. The maximum absolute atomic E-state index is 12.6. The van der Waals surface area contributed by atoms with E-state index in [1.54, 1.807) is 24.4 Å². The van der Waals surface area contributed by atoms with Gasteiger partial charge in [0.05, 0.1) is 11.6 Å². The van der Waals surface area contributed by atoms with E-state index in [0.717, 1.165) is 16.7 Å². The van der Waals surface area contributed by atoms with Gasteiger partial charge in [-0.3, -0.25) is 9.79 Å². The summed E-state index contributed by atoms with van der Waals surface area (Å²) in [5, 5.41) is 9.94. The van der Waals surface area contributed by atoms with Crippen molar-refractivity contribution in [3.05, 3.63) is 89.0 Å². The Labute approximate surface area is 157 Å². The summed E-state index contributed by atoms with van der Waals surface area (Å²) >= 11 is 0. The van der Waals surface area contributed by atoms with E-state index in [9.17, 15) is 9.90 Å². The van der Waals surface area contributed by atoms with Crippen LogP contribution < -0.4 is 4.74 Å². The van der Waals surface area contributed by atoms with Crippen molar-refractivity contribution in [1.29, 1.82) is 0 Å². The van der Waals surface area contributed by atoms with Crippen LogP contribution >= 0.6 is 0 Å². The molecule has 4 nitrogen and oxygen atoms in total. The molecule has 1 aliphatic rings. The summed E-state index contributed by atoms with van der Waals surface area (Å²) < 4.78 is 5.54. The van der Waals surface area contributed by atoms with E-state index < -0.39 is 5.92 Å². The highest BCUT2D eigenvalue weighted by molar-refractivity contribution is 5.88. The van der Waals surface area contributed by atoms with Crippen LogP contribution in [0.25, 0.3) is 0 Å². The van der Waals surface area contributed by atoms with Crippen LogP contribution in [-0.4, -0.2) is 17.3 Å². The van der Waals surface area contributed by atoms with Crippen molar-refractivity contribution in [2.45, 2.75) is 19.3 Å². The number of carbonyl (C=O) groups excluding carboxylic acids is 1. The summed E-state index contributed by atoms with van der Waals surface area (Å²) in [6.45, 7) is 1.99. The minimum atomic E-state index is -0.406. The predicted molar refractivity (Wildman–Crippen MR) is 105 cm³/mol. The van der Waals surface area contributed by atoms with Crippen LogP contribution in [0.2, 0.25) is 0 Å². The smallest absolute Gasteiger partial charge is 0.319 e. The van der Waals surface area contributed by atoms with Gasteiger partial charge in [0.1, 0.15) is 11.5 Å². The molecule has 4 heteroatoms. The van der Waals surface area contributed by atoms with Gasteiger partial charge >= 0.3 is 5.97 Å². The molecule has 1 aliphatic heterocycles. The van der Waals surface area contributed by atoms with E-state index in [-0.39, 0.29) is 11.7 Å². The van der Waals surface area contributed by atoms with Gasteiger partial charge < -0.3 is 9.84 Å². The van der Waals surface area contributed by atoms with Gasteiger partial charge in [-0.25, -0.2) is 0 Å². The highest BCUT2D eigenvalue weighted by Gasteiger charge is 2.31.